The molecule has 0 radical (unpaired) electrons. The maximum absolute atomic E-state index is 4.96. The van der Waals surface area contributed by atoms with Gasteiger partial charge in [0.2, 0.25) is 0 Å². The van der Waals surface area contributed by atoms with Gasteiger partial charge in [-0.1, -0.05) is 6.07 Å². The Kier molecular flexibility index (Phi) is 3.81. The number of hydrogen-bond acceptors (Lipinski definition) is 3. The molecule has 0 saturated carbocycles. The summed E-state index contributed by atoms with van der Waals surface area (Å²) in [5, 5.41) is 8.56. The minimum atomic E-state index is 0.996. The molecule has 1 N–H and O–H groups in total. The summed E-state index contributed by atoms with van der Waals surface area (Å²) in [5.41, 5.74) is 7.13. The minimum Gasteiger partial charge on any atom is -0.370 e. The largest absolute Gasteiger partial charge is 0.370 e. The van der Waals surface area contributed by atoms with Crippen LogP contribution in [0.25, 0.3) is 16.9 Å². The van der Waals surface area contributed by atoms with E-state index >= 15 is 0 Å². The van der Waals surface area contributed by atoms with Crippen molar-refractivity contribution in [2.24, 2.45) is 0 Å². The zero-order valence-corrected chi connectivity index (χ0v) is 14.2. The fraction of sp³-hybridized carbons (Fsp3) is 0.300. The molecule has 1 aliphatic heterocycles. The average molecular weight is 318 g/mol. The van der Waals surface area contributed by atoms with Gasteiger partial charge in [-0.25, -0.2) is 4.68 Å². The molecule has 0 saturated heterocycles. The minimum absolute atomic E-state index is 0.996. The van der Waals surface area contributed by atoms with Gasteiger partial charge < -0.3 is 5.32 Å². The fourth-order valence-electron chi connectivity index (χ4n) is 3.28. The molecule has 24 heavy (non-hydrogen) atoms. The van der Waals surface area contributed by atoms with Crippen LogP contribution in [-0.2, 0) is 6.42 Å². The number of benzene rings is 1. The number of pyridine rings is 1. The Labute approximate surface area is 142 Å². The SMILES string of the molecule is Cc1ccc(-n2nc(-c3cccnc3)c3c2NCCCC3)cc1C. The van der Waals surface area contributed by atoms with E-state index in [1.54, 1.807) is 6.20 Å². The van der Waals surface area contributed by atoms with Crippen LogP contribution in [0.1, 0.15) is 29.5 Å². The summed E-state index contributed by atoms with van der Waals surface area (Å²) in [4.78, 5) is 4.27. The van der Waals surface area contributed by atoms with Crippen molar-refractivity contribution in [1.82, 2.24) is 14.8 Å². The first-order chi connectivity index (χ1) is 11.7. The van der Waals surface area contributed by atoms with Gasteiger partial charge in [0.05, 0.1) is 11.4 Å². The number of fused-ring (bicyclic) bond motifs is 1. The number of aryl methyl sites for hydroxylation is 2. The van der Waals surface area contributed by atoms with E-state index in [0.29, 0.717) is 0 Å². The lowest BCUT2D eigenvalue weighted by Crippen LogP contribution is -2.07. The highest BCUT2D eigenvalue weighted by Crippen LogP contribution is 2.33. The molecular weight excluding hydrogens is 296 g/mol. The first-order valence-electron chi connectivity index (χ1n) is 8.58. The summed E-state index contributed by atoms with van der Waals surface area (Å²) < 4.78 is 2.06. The first kappa shape index (κ1) is 14.9. The zero-order valence-electron chi connectivity index (χ0n) is 14.2. The molecule has 1 aliphatic rings. The maximum atomic E-state index is 4.96. The summed E-state index contributed by atoms with van der Waals surface area (Å²) in [7, 11) is 0. The number of anilines is 1. The molecular formula is C20H22N4. The summed E-state index contributed by atoms with van der Waals surface area (Å²) in [6.45, 7) is 5.29. The third-order valence-electron chi connectivity index (χ3n) is 4.80. The van der Waals surface area contributed by atoms with Crippen molar-refractivity contribution in [2.75, 3.05) is 11.9 Å². The van der Waals surface area contributed by atoms with Crippen LogP contribution in [0.2, 0.25) is 0 Å². The van der Waals surface area contributed by atoms with Gasteiger partial charge in [0, 0.05) is 30.1 Å². The van der Waals surface area contributed by atoms with Crippen LogP contribution in [0.4, 0.5) is 5.82 Å². The Morgan fingerprint density at radius 1 is 1.08 bits per heavy atom. The quantitative estimate of drug-likeness (QED) is 0.766. The van der Waals surface area contributed by atoms with Gasteiger partial charge in [-0.2, -0.15) is 5.10 Å². The van der Waals surface area contributed by atoms with Crippen LogP contribution in [0.15, 0.2) is 42.7 Å². The molecule has 2 aromatic heterocycles. The Hall–Kier alpha value is -2.62. The van der Waals surface area contributed by atoms with E-state index in [1.807, 2.05) is 12.3 Å². The zero-order chi connectivity index (χ0) is 16.5. The molecule has 0 amide bonds. The Morgan fingerprint density at radius 3 is 2.79 bits per heavy atom. The second-order valence-electron chi connectivity index (χ2n) is 6.48. The van der Waals surface area contributed by atoms with Crippen molar-refractivity contribution in [3.8, 4) is 16.9 Å². The molecule has 3 heterocycles. The highest BCUT2D eigenvalue weighted by molar-refractivity contribution is 5.70. The van der Waals surface area contributed by atoms with E-state index < -0.39 is 0 Å². The molecule has 0 unspecified atom stereocenters. The predicted molar refractivity (Wildman–Crippen MR) is 97.7 cm³/mol. The van der Waals surface area contributed by atoms with E-state index in [9.17, 15) is 0 Å². The van der Waals surface area contributed by atoms with Crippen LogP contribution in [0, 0.1) is 13.8 Å². The van der Waals surface area contributed by atoms with E-state index in [0.717, 1.165) is 35.7 Å². The fourth-order valence-corrected chi connectivity index (χ4v) is 3.28. The van der Waals surface area contributed by atoms with Crippen LogP contribution >= 0.6 is 0 Å². The Morgan fingerprint density at radius 2 is 2.00 bits per heavy atom. The van der Waals surface area contributed by atoms with E-state index in [4.69, 9.17) is 5.10 Å². The third-order valence-corrected chi connectivity index (χ3v) is 4.80. The number of nitrogens with one attached hydrogen (secondary N) is 1. The van der Waals surface area contributed by atoms with Gasteiger partial charge in [0.15, 0.2) is 0 Å². The van der Waals surface area contributed by atoms with Crippen molar-refractivity contribution < 1.29 is 0 Å². The third kappa shape index (κ3) is 2.58. The van der Waals surface area contributed by atoms with E-state index in [2.05, 4.69) is 53.1 Å². The molecule has 3 aromatic rings. The van der Waals surface area contributed by atoms with Gasteiger partial charge in [-0.3, -0.25) is 4.98 Å². The van der Waals surface area contributed by atoms with Gasteiger partial charge in [-0.05, 0) is 68.5 Å². The number of rotatable bonds is 2. The number of hydrogen-bond donors (Lipinski definition) is 1. The molecule has 4 nitrogen and oxygen atoms in total. The highest BCUT2D eigenvalue weighted by atomic mass is 15.3. The standard InChI is InChI=1S/C20H22N4/c1-14-8-9-17(12-15(14)2)24-20-18(7-3-4-11-22-20)19(23-24)16-6-5-10-21-13-16/h5-6,8-10,12-13,22H,3-4,7,11H2,1-2H3. The molecule has 0 spiro atoms. The first-order valence-corrected chi connectivity index (χ1v) is 8.58. The highest BCUT2D eigenvalue weighted by Gasteiger charge is 2.21. The summed E-state index contributed by atoms with van der Waals surface area (Å²) in [5.74, 6) is 1.13. The van der Waals surface area contributed by atoms with Gasteiger partial charge >= 0.3 is 0 Å². The number of aromatic nitrogens is 3. The molecule has 0 bridgehead atoms. The molecule has 4 heteroatoms. The Balaban J connectivity index is 1.91. The van der Waals surface area contributed by atoms with Crippen LogP contribution in [0.3, 0.4) is 0 Å². The topological polar surface area (TPSA) is 42.7 Å². The normalized spacial score (nSPS) is 13.9. The maximum Gasteiger partial charge on any atom is 0.133 e. The smallest absolute Gasteiger partial charge is 0.133 e. The lowest BCUT2D eigenvalue weighted by Gasteiger charge is -2.10. The van der Waals surface area contributed by atoms with E-state index in [1.165, 1.54) is 29.5 Å². The molecule has 1 aromatic carbocycles. The monoisotopic (exact) mass is 318 g/mol. The van der Waals surface area contributed by atoms with Crippen molar-refractivity contribution in [2.45, 2.75) is 33.1 Å². The van der Waals surface area contributed by atoms with Crippen molar-refractivity contribution >= 4 is 5.82 Å². The van der Waals surface area contributed by atoms with E-state index in [-0.39, 0.29) is 0 Å². The van der Waals surface area contributed by atoms with Gasteiger partial charge in [-0.15, -0.1) is 0 Å². The molecule has 122 valence electrons. The van der Waals surface area contributed by atoms with Crippen molar-refractivity contribution in [3.63, 3.8) is 0 Å². The average Bonchev–Trinajstić information content (AvgIpc) is 2.80. The summed E-state index contributed by atoms with van der Waals surface area (Å²) in [6.07, 6.45) is 7.14. The van der Waals surface area contributed by atoms with Gasteiger partial charge in [0.1, 0.15) is 5.82 Å². The summed E-state index contributed by atoms with van der Waals surface area (Å²) in [6, 6.07) is 10.6. The van der Waals surface area contributed by atoms with Crippen molar-refractivity contribution in [3.05, 3.63) is 59.4 Å². The second kappa shape index (κ2) is 6.11. The molecule has 0 aliphatic carbocycles. The lowest BCUT2D eigenvalue weighted by atomic mass is 10.1. The second-order valence-corrected chi connectivity index (χ2v) is 6.48. The lowest BCUT2D eigenvalue weighted by molar-refractivity contribution is 0.780. The number of nitrogens with zero attached hydrogens (tertiary/aromatic N) is 3. The molecule has 0 atom stereocenters. The summed E-state index contributed by atoms with van der Waals surface area (Å²) >= 11 is 0. The van der Waals surface area contributed by atoms with Gasteiger partial charge in [0.25, 0.3) is 0 Å². The van der Waals surface area contributed by atoms with Crippen molar-refractivity contribution in [1.29, 1.82) is 0 Å². The van der Waals surface area contributed by atoms with Crippen LogP contribution < -0.4 is 5.32 Å². The Bertz CT molecular complexity index is 865. The van der Waals surface area contributed by atoms with Crippen LogP contribution in [0.5, 0.6) is 0 Å². The van der Waals surface area contributed by atoms with Crippen LogP contribution in [-0.4, -0.2) is 21.3 Å². The predicted octanol–water partition coefficient (Wildman–Crippen LogP) is 4.30. The molecule has 0 fully saturated rings. The molecule has 4 rings (SSSR count).